The van der Waals surface area contributed by atoms with Crippen LogP contribution >= 0.6 is 11.3 Å². The van der Waals surface area contributed by atoms with Crippen LogP contribution < -0.4 is 15.0 Å². The van der Waals surface area contributed by atoms with E-state index in [1.54, 1.807) is 11.3 Å². The van der Waals surface area contributed by atoms with Crippen LogP contribution in [0.2, 0.25) is 0 Å². The number of amides is 2. The summed E-state index contributed by atoms with van der Waals surface area (Å²) in [5.74, 6) is 0.138. The van der Waals surface area contributed by atoms with Crippen LogP contribution in [0.1, 0.15) is 29.5 Å². The number of benzene rings is 2. The topological polar surface area (TPSA) is 71.5 Å². The molecule has 1 unspecified atom stereocenters. The highest BCUT2D eigenvalue weighted by molar-refractivity contribution is 7.09. The van der Waals surface area contributed by atoms with Gasteiger partial charge in [-0.1, -0.05) is 19.1 Å². The van der Waals surface area contributed by atoms with E-state index in [2.05, 4.69) is 10.3 Å². The maximum Gasteiger partial charge on any atom is 0.268 e. The predicted octanol–water partition coefficient (Wildman–Crippen LogP) is 4.88. The van der Waals surface area contributed by atoms with Gasteiger partial charge in [-0.15, -0.1) is 11.3 Å². The van der Waals surface area contributed by atoms with E-state index in [1.165, 1.54) is 4.90 Å². The number of carbonyl (C=O) groups excluding carboxylic acids is 2. The minimum absolute atomic E-state index is 0.0847. The highest BCUT2D eigenvalue weighted by Gasteiger charge is 2.34. The van der Waals surface area contributed by atoms with Gasteiger partial charge in [-0.05, 0) is 62.6 Å². The second kappa shape index (κ2) is 8.51. The quantitative estimate of drug-likeness (QED) is 0.620. The summed E-state index contributed by atoms with van der Waals surface area (Å²) in [6.07, 6.45) is -0.0752. The number of thiazole rings is 1. The fraction of sp³-hybridized carbons (Fsp3) is 0.292. The number of hydrogen-bond donors (Lipinski definition) is 1. The Balaban J connectivity index is 1.65. The molecule has 3 aromatic rings. The minimum Gasteiger partial charge on any atom is -0.478 e. The zero-order valence-electron chi connectivity index (χ0n) is 18.1. The number of aryl methyl sites for hydroxylation is 3. The van der Waals surface area contributed by atoms with Crippen molar-refractivity contribution in [3.8, 4) is 17.0 Å². The molecule has 7 heteroatoms. The van der Waals surface area contributed by atoms with Crippen molar-refractivity contribution in [2.45, 2.75) is 40.2 Å². The van der Waals surface area contributed by atoms with E-state index in [1.807, 2.05) is 69.5 Å². The van der Waals surface area contributed by atoms with E-state index in [4.69, 9.17) is 4.74 Å². The van der Waals surface area contributed by atoms with Crippen molar-refractivity contribution in [3.63, 3.8) is 0 Å². The lowest BCUT2D eigenvalue weighted by molar-refractivity contribution is -0.128. The second-order valence-electron chi connectivity index (χ2n) is 7.74. The van der Waals surface area contributed by atoms with E-state index < -0.39 is 6.10 Å². The van der Waals surface area contributed by atoms with E-state index in [0.717, 1.165) is 33.1 Å². The average molecular weight is 436 g/mol. The Morgan fingerprint density at radius 3 is 2.71 bits per heavy atom. The lowest BCUT2D eigenvalue weighted by Crippen LogP contribution is -2.48. The summed E-state index contributed by atoms with van der Waals surface area (Å²) in [6, 6.07) is 11.6. The van der Waals surface area contributed by atoms with Gasteiger partial charge in [0.05, 0.1) is 16.4 Å². The molecule has 0 spiro atoms. The predicted molar refractivity (Wildman–Crippen MR) is 124 cm³/mol. The number of anilines is 2. The molecule has 0 radical (unpaired) electrons. The monoisotopic (exact) mass is 435 g/mol. The number of aromatic nitrogens is 1. The number of fused-ring (bicyclic) bond motifs is 1. The SMILES string of the molecule is CCC1Oc2ccc(-c3csc(C)n3)cc2N(CC(=O)Nc2cc(C)ccc2C)C1=O. The third-order valence-corrected chi connectivity index (χ3v) is 6.09. The highest BCUT2D eigenvalue weighted by Crippen LogP contribution is 2.38. The summed E-state index contributed by atoms with van der Waals surface area (Å²) in [6.45, 7) is 7.69. The van der Waals surface area contributed by atoms with Crippen LogP contribution in [0.4, 0.5) is 11.4 Å². The summed E-state index contributed by atoms with van der Waals surface area (Å²) in [5.41, 5.74) is 5.10. The first kappa shape index (κ1) is 21.1. The molecule has 2 aromatic carbocycles. The van der Waals surface area contributed by atoms with Crippen LogP contribution in [0.25, 0.3) is 11.3 Å². The molecule has 4 rings (SSSR count). The number of ether oxygens (including phenoxy) is 1. The van der Waals surface area contributed by atoms with Gasteiger partial charge in [0, 0.05) is 16.6 Å². The largest absolute Gasteiger partial charge is 0.478 e. The zero-order chi connectivity index (χ0) is 22.1. The van der Waals surface area contributed by atoms with Crippen LogP contribution in [0.15, 0.2) is 41.8 Å². The summed E-state index contributed by atoms with van der Waals surface area (Å²) in [4.78, 5) is 32.0. The van der Waals surface area contributed by atoms with Gasteiger partial charge in [0.1, 0.15) is 12.3 Å². The van der Waals surface area contributed by atoms with E-state index in [9.17, 15) is 9.59 Å². The van der Waals surface area contributed by atoms with Crippen LogP contribution in [-0.2, 0) is 9.59 Å². The Morgan fingerprint density at radius 2 is 2.00 bits per heavy atom. The molecule has 0 aliphatic carbocycles. The van der Waals surface area contributed by atoms with Crippen molar-refractivity contribution in [1.82, 2.24) is 4.98 Å². The van der Waals surface area contributed by atoms with Crippen molar-refractivity contribution < 1.29 is 14.3 Å². The maximum absolute atomic E-state index is 13.1. The van der Waals surface area contributed by atoms with Crippen LogP contribution in [-0.4, -0.2) is 29.4 Å². The number of nitrogens with zero attached hydrogens (tertiary/aromatic N) is 2. The summed E-state index contributed by atoms with van der Waals surface area (Å²) < 4.78 is 5.91. The first-order chi connectivity index (χ1) is 14.9. The molecule has 1 N–H and O–H groups in total. The molecule has 1 aromatic heterocycles. The Bertz CT molecular complexity index is 1150. The molecule has 6 nitrogen and oxygen atoms in total. The molecule has 0 saturated carbocycles. The average Bonchev–Trinajstić information content (AvgIpc) is 3.18. The zero-order valence-corrected chi connectivity index (χ0v) is 18.9. The van der Waals surface area contributed by atoms with Crippen LogP contribution in [0, 0.1) is 20.8 Å². The van der Waals surface area contributed by atoms with Crippen molar-refractivity contribution in [2.75, 3.05) is 16.8 Å². The Morgan fingerprint density at radius 1 is 1.19 bits per heavy atom. The molecular formula is C24H25N3O3S. The molecule has 0 saturated heterocycles. The number of nitrogens with one attached hydrogen (secondary N) is 1. The van der Waals surface area contributed by atoms with Gasteiger partial charge in [0.15, 0.2) is 6.10 Å². The van der Waals surface area contributed by atoms with Gasteiger partial charge in [0.2, 0.25) is 5.91 Å². The van der Waals surface area contributed by atoms with Gasteiger partial charge in [-0.25, -0.2) is 4.98 Å². The lowest BCUT2D eigenvalue weighted by atomic mass is 10.1. The van der Waals surface area contributed by atoms with Gasteiger partial charge < -0.3 is 10.1 Å². The fourth-order valence-corrected chi connectivity index (χ4v) is 4.23. The second-order valence-corrected chi connectivity index (χ2v) is 8.80. The highest BCUT2D eigenvalue weighted by atomic mass is 32.1. The molecule has 0 fully saturated rings. The van der Waals surface area contributed by atoms with Gasteiger partial charge >= 0.3 is 0 Å². The third kappa shape index (κ3) is 4.32. The van der Waals surface area contributed by atoms with E-state index in [-0.39, 0.29) is 18.4 Å². The molecule has 160 valence electrons. The van der Waals surface area contributed by atoms with E-state index in [0.29, 0.717) is 17.9 Å². The summed E-state index contributed by atoms with van der Waals surface area (Å²) in [7, 11) is 0. The molecule has 31 heavy (non-hydrogen) atoms. The first-order valence-corrected chi connectivity index (χ1v) is 11.2. The Labute approximate surface area is 185 Å². The normalized spacial score (nSPS) is 15.4. The maximum atomic E-state index is 13.1. The fourth-order valence-electron chi connectivity index (χ4n) is 3.60. The van der Waals surface area contributed by atoms with Gasteiger partial charge in [0.25, 0.3) is 5.91 Å². The van der Waals surface area contributed by atoms with Gasteiger partial charge in [-0.3, -0.25) is 14.5 Å². The smallest absolute Gasteiger partial charge is 0.268 e. The third-order valence-electron chi connectivity index (χ3n) is 5.31. The standard InChI is InChI=1S/C24H25N3O3S/c1-5-21-24(29)27(12-23(28)26-18-10-14(2)6-7-15(18)3)20-11-17(8-9-22(20)30-21)19-13-31-16(4)25-19/h6-11,13,21H,5,12H2,1-4H3,(H,26,28). The number of carbonyl (C=O) groups is 2. The molecule has 1 aliphatic rings. The van der Waals surface area contributed by atoms with Crippen molar-refractivity contribution in [1.29, 1.82) is 0 Å². The van der Waals surface area contributed by atoms with Crippen molar-refractivity contribution in [2.24, 2.45) is 0 Å². The van der Waals surface area contributed by atoms with Crippen LogP contribution in [0.3, 0.4) is 0 Å². The van der Waals surface area contributed by atoms with Crippen molar-refractivity contribution in [3.05, 3.63) is 57.9 Å². The summed E-state index contributed by atoms with van der Waals surface area (Å²) in [5, 5.41) is 5.90. The molecule has 2 heterocycles. The summed E-state index contributed by atoms with van der Waals surface area (Å²) >= 11 is 1.57. The lowest BCUT2D eigenvalue weighted by Gasteiger charge is -2.34. The van der Waals surface area contributed by atoms with Crippen LogP contribution in [0.5, 0.6) is 5.75 Å². The molecule has 1 atom stereocenters. The Kier molecular flexibility index (Phi) is 5.78. The van der Waals surface area contributed by atoms with E-state index >= 15 is 0 Å². The molecule has 2 amide bonds. The van der Waals surface area contributed by atoms with Gasteiger partial charge in [-0.2, -0.15) is 0 Å². The molecule has 1 aliphatic heterocycles. The molecular weight excluding hydrogens is 410 g/mol. The number of rotatable bonds is 5. The minimum atomic E-state index is -0.603. The van der Waals surface area contributed by atoms with Crippen molar-refractivity contribution >= 4 is 34.5 Å². The Hall–Kier alpha value is -3.19. The number of hydrogen-bond acceptors (Lipinski definition) is 5. The first-order valence-electron chi connectivity index (χ1n) is 10.3. The molecule has 0 bridgehead atoms.